The molecule has 1 N–H and O–H groups in total. The summed E-state index contributed by atoms with van der Waals surface area (Å²) < 4.78 is 11.1. The number of hydrogen-bond donors (Lipinski definition) is 1. The van der Waals surface area contributed by atoms with E-state index in [0.717, 1.165) is 10.4 Å². The predicted octanol–water partition coefficient (Wildman–Crippen LogP) is 5.33. The van der Waals surface area contributed by atoms with Gasteiger partial charge in [0.05, 0.1) is 6.26 Å². The number of furan rings is 1. The van der Waals surface area contributed by atoms with Crippen LogP contribution in [0.3, 0.4) is 0 Å². The van der Waals surface area contributed by atoms with E-state index in [-0.39, 0.29) is 11.8 Å². The number of nitrogens with zero attached hydrogens (tertiary/aromatic N) is 3. The van der Waals surface area contributed by atoms with Crippen molar-refractivity contribution in [2.75, 3.05) is 5.32 Å². The topological polar surface area (TPSA) is 101 Å². The van der Waals surface area contributed by atoms with E-state index in [1.165, 1.54) is 11.3 Å². The number of hydrogen-bond acceptors (Lipinski definition) is 7. The Morgan fingerprint density at radius 1 is 1.23 bits per heavy atom. The van der Waals surface area contributed by atoms with Crippen LogP contribution in [0, 0.1) is 25.2 Å². The van der Waals surface area contributed by atoms with Gasteiger partial charge in [-0.2, -0.15) is 5.26 Å². The number of carbonyl (C=O) groups excluding carboxylic acids is 1. The maximum absolute atomic E-state index is 12.8. The second-order valence-electron chi connectivity index (χ2n) is 6.40. The molecule has 0 aliphatic rings. The van der Waals surface area contributed by atoms with Crippen molar-refractivity contribution in [1.29, 1.82) is 5.26 Å². The van der Waals surface area contributed by atoms with Crippen LogP contribution in [-0.4, -0.2) is 15.9 Å². The van der Waals surface area contributed by atoms with Gasteiger partial charge in [-0.05, 0) is 61.9 Å². The first-order valence-electron chi connectivity index (χ1n) is 9.01. The minimum Gasteiger partial charge on any atom is -0.462 e. The summed E-state index contributed by atoms with van der Waals surface area (Å²) in [6.45, 7) is 3.71. The number of aromatic nitrogens is 2. The fraction of sp³-hybridized carbons (Fsp3) is 0.0909. The van der Waals surface area contributed by atoms with Gasteiger partial charge in [-0.15, -0.1) is 11.3 Å². The lowest BCUT2D eigenvalue weighted by Crippen LogP contribution is -2.14. The zero-order valence-electron chi connectivity index (χ0n) is 16.2. The number of pyridine rings is 1. The molecular formula is C22H16N4O3S. The van der Waals surface area contributed by atoms with E-state index >= 15 is 0 Å². The fourth-order valence-electron chi connectivity index (χ4n) is 2.80. The molecule has 4 aromatic rings. The third kappa shape index (κ3) is 3.92. The second kappa shape index (κ2) is 8.19. The van der Waals surface area contributed by atoms with Gasteiger partial charge in [0.25, 0.3) is 5.91 Å². The van der Waals surface area contributed by atoms with Crippen LogP contribution >= 0.6 is 11.3 Å². The Bertz CT molecular complexity index is 1260. The van der Waals surface area contributed by atoms with Crippen LogP contribution in [0.25, 0.3) is 10.8 Å². The highest BCUT2D eigenvalue weighted by Crippen LogP contribution is 2.30. The monoisotopic (exact) mass is 416 g/mol. The van der Waals surface area contributed by atoms with E-state index in [2.05, 4.69) is 15.3 Å². The molecule has 8 heteroatoms. The minimum atomic E-state index is -0.296. The van der Waals surface area contributed by atoms with Gasteiger partial charge in [-0.3, -0.25) is 4.79 Å². The van der Waals surface area contributed by atoms with Crippen LogP contribution in [-0.2, 0) is 0 Å². The number of aryl methyl sites for hydroxylation is 2. The molecule has 4 rings (SSSR count). The Morgan fingerprint density at radius 2 is 2.10 bits per heavy atom. The van der Waals surface area contributed by atoms with E-state index in [4.69, 9.17) is 14.4 Å². The second-order valence-corrected chi connectivity index (χ2v) is 7.61. The molecule has 0 saturated heterocycles. The van der Waals surface area contributed by atoms with E-state index in [0.29, 0.717) is 33.5 Å². The summed E-state index contributed by atoms with van der Waals surface area (Å²) in [6, 6.07) is 14.2. The molecule has 7 nitrogen and oxygen atoms in total. The SMILES string of the molecule is Cc1cc(Oc2ncccc2C#N)ccc1NC(=O)c1nc(-c2ccco2)sc1C. The molecule has 0 radical (unpaired) electrons. The van der Waals surface area contributed by atoms with E-state index in [9.17, 15) is 4.79 Å². The maximum Gasteiger partial charge on any atom is 0.275 e. The van der Waals surface area contributed by atoms with Crippen LogP contribution < -0.4 is 10.1 Å². The van der Waals surface area contributed by atoms with Gasteiger partial charge >= 0.3 is 0 Å². The summed E-state index contributed by atoms with van der Waals surface area (Å²) in [5.74, 6) is 1.09. The Labute approximate surface area is 176 Å². The van der Waals surface area contributed by atoms with Crippen molar-refractivity contribution < 1.29 is 13.9 Å². The molecule has 0 fully saturated rings. The van der Waals surface area contributed by atoms with Gasteiger partial charge in [0.2, 0.25) is 5.88 Å². The molecule has 148 valence electrons. The lowest BCUT2D eigenvalue weighted by molar-refractivity contribution is 0.102. The van der Waals surface area contributed by atoms with Crippen LogP contribution in [0.1, 0.15) is 26.5 Å². The predicted molar refractivity (Wildman–Crippen MR) is 113 cm³/mol. The maximum atomic E-state index is 12.8. The van der Waals surface area contributed by atoms with E-state index in [1.807, 2.05) is 26.0 Å². The number of anilines is 1. The zero-order chi connectivity index (χ0) is 21.1. The number of ether oxygens (including phenoxy) is 1. The number of amides is 1. The van der Waals surface area contributed by atoms with Crippen molar-refractivity contribution in [3.05, 3.63) is 76.6 Å². The highest BCUT2D eigenvalue weighted by atomic mass is 32.1. The number of benzene rings is 1. The number of thiazole rings is 1. The average Bonchev–Trinajstić information content (AvgIpc) is 3.40. The van der Waals surface area contributed by atoms with Crippen molar-refractivity contribution in [3.63, 3.8) is 0 Å². The highest BCUT2D eigenvalue weighted by Gasteiger charge is 2.18. The molecule has 0 bridgehead atoms. The van der Waals surface area contributed by atoms with Gasteiger partial charge in [0, 0.05) is 16.8 Å². The molecule has 0 aliphatic carbocycles. The van der Waals surface area contributed by atoms with Crippen LogP contribution in [0.15, 0.2) is 59.3 Å². The molecule has 3 heterocycles. The highest BCUT2D eigenvalue weighted by molar-refractivity contribution is 7.15. The number of nitrogens with one attached hydrogen (secondary N) is 1. The van der Waals surface area contributed by atoms with Crippen molar-refractivity contribution in [2.45, 2.75) is 13.8 Å². The largest absolute Gasteiger partial charge is 0.462 e. The summed E-state index contributed by atoms with van der Waals surface area (Å²) in [5.41, 5.74) is 2.15. The zero-order valence-corrected chi connectivity index (χ0v) is 17.0. The van der Waals surface area contributed by atoms with Crippen molar-refractivity contribution in [1.82, 2.24) is 9.97 Å². The molecule has 0 spiro atoms. The normalized spacial score (nSPS) is 10.4. The Hall–Kier alpha value is -3.96. The molecule has 30 heavy (non-hydrogen) atoms. The third-order valence-electron chi connectivity index (χ3n) is 4.30. The van der Waals surface area contributed by atoms with Crippen LogP contribution in [0.4, 0.5) is 5.69 Å². The summed E-state index contributed by atoms with van der Waals surface area (Å²) in [5, 5.41) is 12.7. The summed E-state index contributed by atoms with van der Waals surface area (Å²) in [7, 11) is 0. The number of carbonyl (C=O) groups is 1. The molecule has 3 aromatic heterocycles. The van der Waals surface area contributed by atoms with Gasteiger partial charge in [-0.25, -0.2) is 9.97 Å². The number of nitriles is 1. The molecule has 0 saturated carbocycles. The molecular weight excluding hydrogens is 400 g/mol. The third-order valence-corrected chi connectivity index (χ3v) is 5.28. The van der Waals surface area contributed by atoms with Gasteiger partial charge in [0.1, 0.15) is 23.1 Å². The fourth-order valence-corrected chi connectivity index (χ4v) is 3.68. The lowest BCUT2D eigenvalue weighted by Gasteiger charge is -2.11. The number of rotatable bonds is 5. The standard InChI is InChI=1S/C22H16N4O3S/c1-13-11-16(29-21-15(12-23)5-3-9-24-21)7-8-17(13)25-20(27)19-14(2)30-22(26-19)18-6-4-10-28-18/h3-11H,1-2H3,(H,25,27). The average molecular weight is 416 g/mol. The van der Waals surface area contributed by atoms with Gasteiger partial charge in [0.15, 0.2) is 10.8 Å². The molecule has 1 aromatic carbocycles. The van der Waals surface area contributed by atoms with Crippen LogP contribution in [0.5, 0.6) is 11.6 Å². The Kier molecular flexibility index (Phi) is 5.28. The first kappa shape index (κ1) is 19.4. The molecule has 0 aliphatic heterocycles. The first-order valence-corrected chi connectivity index (χ1v) is 9.83. The van der Waals surface area contributed by atoms with E-state index < -0.39 is 0 Å². The minimum absolute atomic E-state index is 0.236. The first-order chi connectivity index (χ1) is 14.5. The quantitative estimate of drug-likeness (QED) is 0.472. The van der Waals surface area contributed by atoms with Crippen molar-refractivity contribution in [3.8, 4) is 28.5 Å². The molecule has 0 unspecified atom stereocenters. The lowest BCUT2D eigenvalue weighted by atomic mass is 10.2. The van der Waals surface area contributed by atoms with Crippen LogP contribution in [0.2, 0.25) is 0 Å². The molecule has 1 amide bonds. The van der Waals surface area contributed by atoms with E-state index in [1.54, 1.807) is 48.9 Å². The van der Waals surface area contributed by atoms with Crippen molar-refractivity contribution >= 4 is 22.9 Å². The summed E-state index contributed by atoms with van der Waals surface area (Å²) in [4.78, 5) is 22.1. The molecule has 0 atom stereocenters. The smallest absolute Gasteiger partial charge is 0.275 e. The van der Waals surface area contributed by atoms with Crippen molar-refractivity contribution in [2.24, 2.45) is 0 Å². The summed E-state index contributed by atoms with van der Waals surface area (Å²) >= 11 is 1.40. The summed E-state index contributed by atoms with van der Waals surface area (Å²) in [6.07, 6.45) is 3.13. The van der Waals surface area contributed by atoms with Gasteiger partial charge in [-0.1, -0.05) is 0 Å². The Balaban J connectivity index is 1.52. The van der Waals surface area contributed by atoms with Gasteiger partial charge < -0.3 is 14.5 Å². The Morgan fingerprint density at radius 3 is 2.83 bits per heavy atom.